The number of Topliss-reactive ketones (excluding diaryl/α,β-unsaturated/α-hetero) is 1. The molecule has 1 saturated heterocycles. The molecule has 1 aromatic heterocycles. The number of amides is 1. The van der Waals surface area contributed by atoms with E-state index in [9.17, 15) is 14.7 Å². The molecule has 136 valence electrons. The summed E-state index contributed by atoms with van der Waals surface area (Å²) in [6.45, 7) is 1.14. The van der Waals surface area contributed by atoms with Gasteiger partial charge >= 0.3 is 0 Å². The maximum Gasteiger partial charge on any atom is 0.295 e. The highest BCUT2D eigenvalue weighted by Crippen LogP contribution is 2.40. The van der Waals surface area contributed by atoms with E-state index < -0.39 is 17.7 Å². The normalized spacial score (nSPS) is 19.5. The van der Waals surface area contributed by atoms with Gasteiger partial charge in [-0.05, 0) is 35.7 Å². The van der Waals surface area contributed by atoms with Crippen LogP contribution in [-0.4, -0.2) is 48.9 Å². The molecule has 1 aliphatic heterocycles. The molecular formula is C19H20ClN2O3S+. The molecule has 5 nitrogen and oxygen atoms in total. The van der Waals surface area contributed by atoms with Gasteiger partial charge in [0.25, 0.3) is 11.7 Å². The summed E-state index contributed by atoms with van der Waals surface area (Å²) in [6.07, 6.45) is 0. The molecule has 1 aromatic carbocycles. The van der Waals surface area contributed by atoms with Gasteiger partial charge in [0.15, 0.2) is 0 Å². The quantitative estimate of drug-likeness (QED) is 0.465. The first-order chi connectivity index (χ1) is 12.4. The average Bonchev–Trinajstić information content (AvgIpc) is 3.21. The van der Waals surface area contributed by atoms with E-state index in [1.165, 1.54) is 16.2 Å². The number of likely N-dealkylation sites (N-methyl/N-ethyl adjacent to an activating group) is 1. The second kappa shape index (κ2) is 7.61. The second-order valence-corrected chi connectivity index (χ2v) is 7.89. The molecule has 26 heavy (non-hydrogen) atoms. The van der Waals surface area contributed by atoms with Crippen LogP contribution >= 0.6 is 22.9 Å². The minimum atomic E-state index is -0.649. The Kier molecular flexibility index (Phi) is 5.46. The van der Waals surface area contributed by atoms with Gasteiger partial charge in [-0.15, -0.1) is 11.3 Å². The predicted molar refractivity (Wildman–Crippen MR) is 102 cm³/mol. The molecule has 1 fully saturated rings. The topological polar surface area (TPSA) is 62.0 Å². The van der Waals surface area contributed by atoms with Crippen molar-refractivity contribution in [3.63, 3.8) is 0 Å². The molecule has 0 bridgehead atoms. The molecule has 0 radical (unpaired) electrons. The van der Waals surface area contributed by atoms with Crippen LogP contribution in [0.1, 0.15) is 16.5 Å². The van der Waals surface area contributed by atoms with Gasteiger partial charge in [-0.3, -0.25) is 9.59 Å². The standard InChI is InChI=1S/C19H19ClN2O3S/c1-21(2)9-10-22-16(14-4-3-11-26-14)15(18(24)19(22)25)17(23)12-5-7-13(20)8-6-12/h3-8,11,16,23H,9-10H2,1-2H3/p+1/t16-/m1/s1. The number of likely N-dealkylation sites (tertiary alicyclic amines) is 1. The minimum absolute atomic E-state index is 0.133. The van der Waals surface area contributed by atoms with Crippen molar-refractivity contribution in [3.8, 4) is 0 Å². The van der Waals surface area contributed by atoms with Crippen LogP contribution in [0, 0.1) is 0 Å². The number of benzene rings is 1. The third-order valence-electron chi connectivity index (χ3n) is 4.32. The van der Waals surface area contributed by atoms with E-state index in [2.05, 4.69) is 0 Å². The Balaban J connectivity index is 2.09. The largest absolute Gasteiger partial charge is 0.507 e. The average molecular weight is 392 g/mol. The first-order valence-corrected chi connectivity index (χ1v) is 9.52. The lowest BCUT2D eigenvalue weighted by molar-refractivity contribution is -0.857. The highest BCUT2D eigenvalue weighted by atomic mass is 35.5. The number of carbonyl (C=O) groups excluding carboxylic acids is 2. The number of thiophene rings is 1. The molecule has 1 amide bonds. The zero-order valence-corrected chi connectivity index (χ0v) is 16.1. The number of nitrogens with zero attached hydrogens (tertiary/aromatic N) is 1. The number of hydrogen-bond donors (Lipinski definition) is 2. The Labute approximate surface area is 161 Å². The summed E-state index contributed by atoms with van der Waals surface area (Å²) in [5.74, 6) is -1.39. The SMILES string of the molecule is C[NH+](C)CCN1C(=O)C(=O)C(=C(O)c2ccc(Cl)cc2)[C@H]1c1cccs1. The summed E-state index contributed by atoms with van der Waals surface area (Å²) in [5.41, 5.74) is 0.598. The Morgan fingerprint density at radius 2 is 1.92 bits per heavy atom. The Bertz CT molecular complexity index is 844. The summed E-state index contributed by atoms with van der Waals surface area (Å²) in [6, 6.07) is 9.75. The molecule has 0 unspecified atom stereocenters. The highest BCUT2D eigenvalue weighted by Gasteiger charge is 2.46. The van der Waals surface area contributed by atoms with Crippen molar-refractivity contribution in [3.05, 3.63) is 62.8 Å². The smallest absolute Gasteiger partial charge is 0.295 e. The maximum atomic E-state index is 12.7. The number of ketones is 1. The van der Waals surface area contributed by atoms with Crippen molar-refractivity contribution < 1.29 is 19.6 Å². The van der Waals surface area contributed by atoms with Crippen LogP contribution in [0.25, 0.3) is 5.76 Å². The molecule has 2 N–H and O–H groups in total. The third-order valence-corrected chi connectivity index (χ3v) is 5.50. The van der Waals surface area contributed by atoms with Gasteiger partial charge in [0, 0.05) is 15.5 Å². The summed E-state index contributed by atoms with van der Waals surface area (Å²) in [7, 11) is 3.98. The van der Waals surface area contributed by atoms with Gasteiger partial charge in [-0.1, -0.05) is 17.7 Å². The van der Waals surface area contributed by atoms with Gasteiger partial charge < -0.3 is 14.9 Å². The number of rotatable bonds is 5. The van der Waals surface area contributed by atoms with Crippen molar-refractivity contribution >= 4 is 40.4 Å². The summed E-state index contributed by atoms with van der Waals surface area (Å²) in [5, 5.41) is 13.2. The van der Waals surface area contributed by atoms with Crippen molar-refractivity contribution in [2.75, 3.05) is 27.2 Å². The van der Waals surface area contributed by atoms with Crippen molar-refractivity contribution in [1.82, 2.24) is 4.90 Å². The van der Waals surface area contributed by atoms with Gasteiger partial charge in [0.2, 0.25) is 0 Å². The van der Waals surface area contributed by atoms with Crippen LogP contribution in [0.3, 0.4) is 0 Å². The molecule has 2 heterocycles. The molecular weight excluding hydrogens is 372 g/mol. The first-order valence-electron chi connectivity index (χ1n) is 8.27. The molecule has 0 aliphatic carbocycles. The van der Waals surface area contributed by atoms with E-state index in [0.717, 1.165) is 4.88 Å². The van der Waals surface area contributed by atoms with E-state index in [-0.39, 0.29) is 11.3 Å². The van der Waals surface area contributed by atoms with Gasteiger partial charge in [-0.2, -0.15) is 0 Å². The molecule has 0 saturated carbocycles. The maximum absolute atomic E-state index is 12.7. The molecule has 7 heteroatoms. The first kappa shape index (κ1) is 18.6. The summed E-state index contributed by atoms with van der Waals surface area (Å²) >= 11 is 7.37. The number of aliphatic hydroxyl groups excluding tert-OH is 1. The lowest BCUT2D eigenvalue weighted by atomic mass is 10.00. The van der Waals surface area contributed by atoms with Crippen molar-refractivity contribution in [2.45, 2.75) is 6.04 Å². The molecule has 2 aromatic rings. The van der Waals surface area contributed by atoms with Crippen LogP contribution < -0.4 is 4.90 Å². The summed E-state index contributed by atoms with van der Waals surface area (Å²) in [4.78, 5) is 28.9. The molecule has 1 atom stereocenters. The lowest BCUT2D eigenvalue weighted by Gasteiger charge is -2.24. The molecule has 3 rings (SSSR count). The minimum Gasteiger partial charge on any atom is -0.507 e. The van der Waals surface area contributed by atoms with E-state index >= 15 is 0 Å². The van der Waals surface area contributed by atoms with Crippen molar-refractivity contribution in [1.29, 1.82) is 0 Å². The zero-order chi connectivity index (χ0) is 18.8. The Morgan fingerprint density at radius 3 is 2.50 bits per heavy atom. The van der Waals surface area contributed by atoms with E-state index in [4.69, 9.17) is 11.6 Å². The van der Waals surface area contributed by atoms with E-state index in [1.54, 1.807) is 29.2 Å². The fourth-order valence-corrected chi connectivity index (χ4v) is 3.93. The number of halogens is 1. The van der Waals surface area contributed by atoms with Gasteiger partial charge in [0.1, 0.15) is 5.76 Å². The molecule has 1 aliphatic rings. The second-order valence-electron chi connectivity index (χ2n) is 6.47. The van der Waals surface area contributed by atoms with Crippen molar-refractivity contribution in [2.24, 2.45) is 0 Å². The van der Waals surface area contributed by atoms with Gasteiger partial charge in [0.05, 0.1) is 38.8 Å². The van der Waals surface area contributed by atoms with Gasteiger partial charge in [-0.25, -0.2) is 0 Å². The Hall–Kier alpha value is -2.15. The van der Waals surface area contributed by atoms with Crippen LogP contribution in [0.15, 0.2) is 47.4 Å². The third kappa shape index (κ3) is 3.53. The number of carbonyl (C=O) groups is 2. The predicted octanol–water partition coefficient (Wildman–Crippen LogP) is 1.97. The zero-order valence-electron chi connectivity index (χ0n) is 14.5. The van der Waals surface area contributed by atoms with Crippen LogP contribution in [0.4, 0.5) is 0 Å². The fourth-order valence-electron chi connectivity index (χ4n) is 2.96. The number of aliphatic hydroxyl groups is 1. The number of hydrogen-bond acceptors (Lipinski definition) is 4. The van der Waals surface area contributed by atoms with Crippen LogP contribution in [0.2, 0.25) is 5.02 Å². The van der Waals surface area contributed by atoms with Crippen LogP contribution in [0.5, 0.6) is 0 Å². The number of nitrogens with one attached hydrogen (secondary N) is 1. The Morgan fingerprint density at radius 1 is 1.23 bits per heavy atom. The monoisotopic (exact) mass is 391 g/mol. The highest BCUT2D eigenvalue weighted by molar-refractivity contribution is 7.10. The fraction of sp³-hybridized carbons (Fsp3) is 0.263. The lowest BCUT2D eigenvalue weighted by Crippen LogP contribution is -3.06. The summed E-state index contributed by atoms with van der Waals surface area (Å²) < 4.78 is 0. The number of quaternary nitrogens is 1. The van der Waals surface area contributed by atoms with E-state index in [0.29, 0.717) is 23.7 Å². The van der Waals surface area contributed by atoms with Crippen LogP contribution in [-0.2, 0) is 9.59 Å². The molecule has 0 spiro atoms. The van der Waals surface area contributed by atoms with E-state index in [1.807, 2.05) is 31.6 Å².